The Morgan fingerprint density at radius 3 is 2.71 bits per heavy atom. The van der Waals surface area contributed by atoms with E-state index in [1.807, 2.05) is 37.3 Å². The summed E-state index contributed by atoms with van der Waals surface area (Å²) in [6, 6.07) is 10.3. The summed E-state index contributed by atoms with van der Waals surface area (Å²) in [5, 5.41) is 3.51. The van der Waals surface area contributed by atoms with E-state index in [1.54, 1.807) is 0 Å². The van der Waals surface area contributed by atoms with Crippen LogP contribution in [0.3, 0.4) is 0 Å². The molecule has 114 valence electrons. The molecule has 21 heavy (non-hydrogen) atoms. The zero-order valence-electron chi connectivity index (χ0n) is 12.5. The lowest BCUT2D eigenvalue weighted by atomic mass is 9.97. The second kappa shape index (κ2) is 6.06. The molecular weight excluding hydrogens is 266 g/mol. The predicted molar refractivity (Wildman–Crippen MR) is 80.2 cm³/mol. The molecule has 0 spiro atoms. The third-order valence-corrected chi connectivity index (χ3v) is 4.24. The Kier molecular flexibility index (Phi) is 4.15. The van der Waals surface area contributed by atoms with E-state index < -0.39 is 5.54 Å². The zero-order valence-corrected chi connectivity index (χ0v) is 12.5. The van der Waals surface area contributed by atoms with Crippen LogP contribution in [0.2, 0.25) is 0 Å². The molecule has 0 aromatic heterocycles. The van der Waals surface area contributed by atoms with Crippen LogP contribution in [0.25, 0.3) is 0 Å². The third kappa shape index (κ3) is 3.38. The maximum Gasteiger partial charge on any atom is 0.326 e. The lowest BCUT2D eigenvalue weighted by molar-refractivity contribution is -0.151. The van der Waals surface area contributed by atoms with E-state index >= 15 is 0 Å². The maximum absolute atomic E-state index is 12.4. The predicted octanol–water partition coefficient (Wildman–Crippen LogP) is 2.67. The molecule has 0 amide bonds. The fourth-order valence-corrected chi connectivity index (χ4v) is 3.06. The number of rotatable bonds is 6. The van der Waals surface area contributed by atoms with Gasteiger partial charge in [0, 0.05) is 12.5 Å². The third-order valence-electron chi connectivity index (χ3n) is 4.24. The van der Waals surface area contributed by atoms with Gasteiger partial charge in [0.05, 0.1) is 6.61 Å². The van der Waals surface area contributed by atoms with Crippen LogP contribution in [0.15, 0.2) is 30.3 Å². The molecule has 2 aliphatic carbocycles. The summed E-state index contributed by atoms with van der Waals surface area (Å²) < 4.78 is 11.3. The number of carbonyl (C=O) groups excluding carboxylic acids is 1. The van der Waals surface area contributed by atoms with Crippen LogP contribution >= 0.6 is 0 Å². The van der Waals surface area contributed by atoms with Gasteiger partial charge in [0.15, 0.2) is 0 Å². The van der Waals surface area contributed by atoms with Gasteiger partial charge in [-0.3, -0.25) is 10.1 Å². The average Bonchev–Trinajstić information content (AvgIpc) is 3.20. The fraction of sp³-hybridized carbons (Fsp3) is 0.588. The van der Waals surface area contributed by atoms with Gasteiger partial charge in [-0.2, -0.15) is 0 Å². The van der Waals surface area contributed by atoms with Crippen LogP contribution in [0.4, 0.5) is 0 Å². The minimum absolute atomic E-state index is 0.0723. The smallest absolute Gasteiger partial charge is 0.326 e. The standard InChI is InChI=1S/C17H23NO3/c1-2-20-16(19)17(18-13-8-9-13)11-10-15(12-17)21-14-6-4-3-5-7-14/h3-7,13,15,18H,2,8-12H2,1H3. The summed E-state index contributed by atoms with van der Waals surface area (Å²) in [5.74, 6) is 0.754. The number of hydrogen-bond acceptors (Lipinski definition) is 4. The van der Waals surface area contributed by atoms with Crippen molar-refractivity contribution in [2.75, 3.05) is 6.61 Å². The molecule has 1 aromatic carbocycles. The summed E-state index contributed by atoms with van der Waals surface area (Å²) in [6.07, 6.45) is 4.75. The molecule has 1 N–H and O–H groups in total. The van der Waals surface area contributed by atoms with Gasteiger partial charge in [0.1, 0.15) is 17.4 Å². The van der Waals surface area contributed by atoms with E-state index in [2.05, 4.69) is 5.32 Å². The number of ether oxygens (including phenoxy) is 2. The van der Waals surface area contributed by atoms with Gasteiger partial charge < -0.3 is 9.47 Å². The Labute approximate surface area is 125 Å². The van der Waals surface area contributed by atoms with Crippen LogP contribution < -0.4 is 10.1 Å². The van der Waals surface area contributed by atoms with Gasteiger partial charge in [0.2, 0.25) is 0 Å². The highest BCUT2D eigenvalue weighted by molar-refractivity contribution is 5.81. The monoisotopic (exact) mass is 289 g/mol. The minimum Gasteiger partial charge on any atom is -0.490 e. The summed E-state index contributed by atoms with van der Waals surface area (Å²) in [6.45, 7) is 2.28. The summed E-state index contributed by atoms with van der Waals surface area (Å²) >= 11 is 0. The molecule has 0 radical (unpaired) electrons. The van der Waals surface area contributed by atoms with E-state index in [0.29, 0.717) is 19.1 Å². The van der Waals surface area contributed by atoms with Crippen LogP contribution in [0, 0.1) is 0 Å². The van der Waals surface area contributed by atoms with E-state index in [0.717, 1.165) is 31.4 Å². The number of benzene rings is 1. The number of para-hydroxylation sites is 1. The van der Waals surface area contributed by atoms with Crippen molar-refractivity contribution in [2.45, 2.75) is 56.7 Å². The van der Waals surface area contributed by atoms with Crippen molar-refractivity contribution in [3.05, 3.63) is 30.3 Å². The molecular formula is C17H23NO3. The Balaban J connectivity index is 1.66. The highest BCUT2D eigenvalue weighted by atomic mass is 16.5. The second-order valence-corrected chi connectivity index (χ2v) is 6.02. The Hall–Kier alpha value is -1.55. The summed E-state index contributed by atoms with van der Waals surface area (Å²) in [7, 11) is 0. The van der Waals surface area contributed by atoms with E-state index in [1.165, 1.54) is 0 Å². The number of hydrogen-bond donors (Lipinski definition) is 1. The molecule has 4 heteroatoms. The normalized spacial score (nSPS) is 28.3. The van der Waals surface area contributed by atoms with Gasteiger partial charge in [-0.05, 0) is 44.7 Å². The van der Waals surface area contributed by atoms with Crippen molar-refractivity contribution in [3.63, 3.8) is 0 Å². The molecule has 0 heterocycles. The van der Waals surface area contributed by atoms with Crippen molar-refractivity contribution in [1.29, 1.82) is 0 Å². The molecule has 2 atom stereocenters. The van der Waals surface area contributed by atoms with Crippen molar-refractivity contribution >= 4 is 5.97 Å². The van der Waals surface area contributed by atoms with Crippen molar-refractivity contribution in [3.8, 4) is 5.75 Å². The lowest BCUT2D eigenvalue weighted by Crippen LogP contribution is -2.52. The van der Waals surface area contributed by atoms with E-state index in [9.17, 15) is 4.79 Å². The highest BCUT2D eigenvalue weighted by Gasteiger charge is 2.49. The Morgan fingerprint density at radius 2 is 2.05 bits per heavy atom. The largest absolute Gasteiger partial charge is 0.490 e. The molecule has 1 aromatic rings. The van der Waals surface area contributed by atoms with Crippen molar-refractivity contribution in [2.24, 2.45) is 0 Å². The quantitative estimate of drug-likeness (QED) is 0.818. The van der Waals surface area contributed by atoms with Crippen LogP contribution in [0.1, 0.15) is 39.0 Å². The molecule has 0 saturated heterocycles. The van der Waals surface area contributed by atoms with Crippen LogP contribution in [-0.4, -0.2) is 30.3 Å². The SMILES string of the molecule is CCOC(=O)C1(NC2CC2)CCC(Oc2ccccc2)C1. The first-order chi connectivity index (χ1) is 10.2. The van der Waals surface area contributed by atoms with Gasteiger partial charge in [-0.1, -0.05) is 18.2 Å². The molecule has 0 bridgehead atoms. The average molecular weight is 289 g/mol. The maximum atomic E-state index is 12.4. The summed E-state index contributed by atoms with van der Waals surface area (Å²) in [5.41, 5.74) is -0.545. The molecule has 2 saturated carbocycles. The molecule has 0 aliphatic heterocycles. The fourth-order valence-electron chi connectivity index (χ4n) is 3.06. The van der Waals surface area contributed by atoms with Crippen LogP contribution in [0.5, 0.6) is 5.75 Å². The van der Waals surface area contributed by atoms with Gasteiger partial charge in [-0.15, -0.1) is 0 Å². The van der Waals surface area contributed by atoms with E-state index in [-0.39, 0.29) is 12.1 Å². The first-order valence-corrected chi connectivity index (χ1v) is 7.88. The van der Waals surface area contributed by atoms with Crippen molar-refractivity contribution in [1.82, 2.24) is 5.32 Å². The second-order valence-electron chi connectivity index (χ2n) is 6.02. The van der Waals surface area contributed by atoms with Crippen LogP contribution in [-0.2, 0) is 9.53 Å². The molecule has 2 unspecified atom stereocenters. The van der Waals surface area contributed by atoms with Gasteiger partial charge in [0.25, 0.3) is 0 Å². The summed E-state index contributed by atoms with van der Waals surface area (Å²) in [4.78, 5) is 12.4. The van der Waals surface area contributed by atoms with E-state index in [4.69, 9.17) is 9.47 Å². The highest BCUT2D eigenvalue weighted by Crippen LogP contribution is 2.37. The number of esters is 1. The molecule has 3 rings (SSSR count). The minimum atomic E-state index is -0.545. The topological polar surface area (TPSA) is 47.6 Å². The molecule has 4 nitrogen and oxygen atoms in total. The lowest BCUT2D eigenvalue weighted by Gasteiger charge is -2.28. The van der Waals surface area contributed by atoms with Crippen molar-refractivity contribution < 1.29 is 14.3 Å². The first kappa shape index (κ1) is 14.4. The zero-order chi connectivity index (χ0) is 14.7. The first-order valence-electron chi connectivity index (χ1n) is 7.88. The van der Waals surface area contributed by atoms with Gasteiger partial charge >= 0.3 is 5.97 Å². The number of nitrogens with one attached hydrogen (secondary N) is 1. The Bertz CT molecular complexity index is 486. The Morgan fingerprint density at radius 1 is 1.29 bits per heavy atom. The molecule has 2 aliphatic rings. The number of carbonyl (C=O) groups is 1. The molecule has 2 fully saturated rings. The van der Waals surface area contributed by atoms with Gasteiger partial charge in [-0.25, -0.2) is 0 Å².